The van der Waals surface area contributed by atoms with E-state index in [-0.39, 0.29) is 102 Å². The number of allylic oxidation sites excluding steroid dienone is 14. The maximum atomic E-state index is 9.06. The van der Waals surface area contributed by atoms with Gasteiger partial charge in [-0.25, -0.2) is 85.1 Å². The summed E-state index contributed by atoms with van der Waals surface area (Å²) in [6.45, 7) is 105. The van der Waals surface area contributed by atoms with E-state index in [9.17, 15) is 0 Å². The molecule has 8 aromatic heterocycles. The summed E-state index contributed by atoms with van der Waals surface area (Å²) in [5, 5.41) is 171. The monoisotopic (exact) mass is 1890 g/mol. The third-order valence-corrected chi connectivity index (χ3v) is 18.9. The molecule has 0 aliphatic heterocycles. The summed E-state index contributed by atoms with van der Waals surface area (Å²) >= 11 is 0. The maximum Gasteiger partial charge on any atom is 0.294 e. The third kappa shape index (κ3) is 21.1. The molecule has 0 N–H and O–H groups in total. The molecule has 0 saturated heterocycles. The van der Waals surface area contributed by atoms with Crippen LogP contribution < -0.4 is 0 Å². The first-order valence-corrected chi connectivity index (χ1v) is 38.4. The molecule has 15 rings (SSSR count). The van der Waals surface area contributed by atoms with Crippen molar-refractivity contribution in [2.24, 2.45) is 0 Å². The van der Waals surface area contributed by atoms with Crippen LogP contribution in [0.25, 0.3) is 171 Å². The first-order valence-electron chi connectivity index (χ1n) is 38.4. The molecule has 1 saturated carbocycles. The van der Waals surface area contributed by atoms with Crippen LogP contribution >= 0.6 is 0 Å². The molecule has 46 heteroatoms. The molecule has 0 atom stereocenters. The average Bonchev–Trinajstić information content (AvgIpc) is 0.724. The van der Waals surface area contributed by atoms with E-state index in [0.29, 0.717) is 77.2 Å². The Hall–Kier alpha value is -28.6. The Balaban J connectivity index is 0.000000208. The van der Waals surface area contributed by atoms with Crippen LogP contribution in [0.1, 0.15) is 38.9 Å². The van der Waals surface area contributed by atoms with Gasteiger partial charge in [0, 0.05) is 55.0 Å². The summed E-state index contributed by atoms with van der Waals surface area (Å²) < 4.78 is 0. The van der Waals surface area contributed by atoms with Gasteiger partial charge in [0.05, 0.1) is 211 Å². The first-order chi connectivity index (χ1) is 72.0. The normalized spacial score (nSPS) is 9.45. The lowest BCUT2D eigenvalue weighted by Gasteiger charge is -2.32. The van der Waals surface area contributed by atoms with Crippen molar-refractivity contribution in [3.8, 4) is 115 Å². The molecule has 1 fully saturated rings. The van der Waals surface area contributed by atoms with Crippen LogP contribution in [0.15, 0.2) is 201 Å². The molecular formula is C102H20N46. The summed E-state index contributed by atoms with van der Waals surface area (Å²) in [7, 11) is 0. The maximum absolute atomic E-state index is 9.06. The highest BCUT2D eigenvalue weighted by Crippen LogP contribution is 2.52. The van der Waals surface area contributed by atoms with E-state index in [0.717, 1.165) is 32.6 Å². The number of fused-ring (bicyclic) bond motifs is 16. The van der Waals surface area contributed by atoms with Gasteiger partial charge in [-0.2, -0.15) is 68.4 Å². The van der Waals surface area contributed by atoms with E-state index >= 15 is 0 Å². The molecule has 14 aromatic rings. The van der Waals surface area contributed by atoms with Gasteiger partial charge < -0.3 is 19.4 Å². The minimum atomic E-state index is -0.623. The van der Waals surface area contributed by atoms with Crippen LogP contribution in [0.2, 0.25) is 0 Å². The van der Waals surface area contributed by atoms with Crippen molar-refractivity contribution in [3.63, 3.8) is 0 Å². The molecule has 0 radical (unpaired) electrons. The van der Waals surface area contributed by atoms with Crippen molar-refractivity contribution in [2.75, 3.05) is 0 Å². The molecule has 148 heavy (non-hydrogen) atoms. The predicted octanol–water partition coefficient (Wildman–Crippen LogP) is 20.2. The van der Waals surface area contributed by atoms with Crippen LogP contribution in [-0.2, 0) is 0 Å². The number of benzene rings is 6. The second-order valence-corrected chi connectivity index (χ2v) is 26.2. The van der Waals surface area contributed by atoms with Crippen molar-refractivity contribution in [1.82, 2.24) is 59.8 Å². The van der Waals surface area contributed by atoms with Crippen LogP contribution in [0.3, 0.4) is 0 Å². The third-order valence-electron chi connectivity index (χ3n) is 18.9. The number of rotatable bonds is 1. The van der Waals surface area contributed by atoms with Gasteiger partial charge in [-0.1, -0.05) is 50.6 Å². The fourth-order valence-electron chi connectivity index (χ4n) is 12.7. The van der Waals surface area contributed by atoms with Crippen LogP contribution in [0, 0.1) is 314 Å². The molecular weight excluding hydrogens is 1870 g/mol. The predicted molar refractivity (Wildman–Crippen MR) is 509 cm³/mol. The van der Waals surface area contributed by atoms with Gasteiger partial charge in [-0.15, -0.1) is 19.9 Å². The summed E-state index contributed by atoms with van der Waals surface area (Å²) in [5.41, 5.74) is 0.604. The molecule has 8 heterocycles. The standard InChI is InChI=1S/C16N8.C16H6N6.C14H4N8.C14H6N4.C14H4N4.C12N6.C10N6.C6N4/c1-21-9(5-17)13-14(10(6-18)22-2)16(12(8-20)24-4)15(13)11(7-19)23-3;1-17-15-16(18-2)22-14-10-6-4-8-20-12(10)11-9(13(14)21-15)5-3-7-19-11;1-15-13-14(16-2)22-12-10-8(18-4-6-20-10)7-9(11(12)21-13)19-5-3-17-7;1-16-12-5-11-3-2-10-4-9(6-15)7-17-13(10)14(11)18-8-12;1-17-13-5-9-3-11(7-15)12(8-16)4-10(9)6-14(13)18-2;1-17-11-9(5-15)7(3-13)8(4-14)10(6-16)12(11)18-2;1-16-10(6-15)9(5-14)8(4-13)7(2-11)3-12;1-10-6(4-9)5(2-7)3-8/h;3-8H;3-6H;2-5,7-8H;3-6H;;;/b;;;;;;10-9+;. The lowest BCUT2D eigenvalue weighted by Crippen LogP contribution is -2.19. The van der Waals surface area contributed by atoms with Gasteiger partial charge >= 0.3 is 0 Å². The molecule has 0 spiro atoms. The van der Waals surface area contributed by atoms with Gasteiger partial charge in [0.15, 0.2) is 11.4 Å². The molecule has 6 aromatic carbocycles. The molecule has 0 unspecified atom stereocenters. The van der Waals surface area contributed by atoms with Gasteiger partial charge in [-0.05, 0) is 87.0 Å². The zero-order chi connectivity index (χ0) is 108. The Kier molecular flexibility index (Phi) is 35.1. The Morgan fingerprint density at radius 2 is 0.588 bits per heavy atom. The summed E-state index contributed by atoms with van der Waals surface area (Å²) in [5.74, 6) is -0.0952. The number of nitriles is 19. The lowest BCUT2D eigenvalue weighted by molar-refractivity contribution is 1.16. The van der Waals surface area contributed by atoms with E-state index in [1.807, 2.05) is 36.4 Å². The van der Waals surface area contributed by atoms with Crippen molar-refractivity contribution in [3.05, 3.63) is 411 Å². The number of hydrogen-bond acceptors (Lipinski definition) is 31. The van der Waals surface area contributed by atoms with Crippen molar-refractivity contribution < 1.29 is 0 Å². The summed E-state index contributed by atoms with van der Waals surface area (Å²) in [6.07, 6.45) is 12.6. The Labute approximate surface area is 832 Å². The summed E-state index contributed by atoms with van der Waals surface area (Å²) in [4.78, 5) is 98.0. The fraction of sp³-hybridized carbons (Fsp3) is 0. The quantitative estimate of drug-likeness (QED) is 0.0637. The van der Waals surface area contributed by atoms with Gasteiger partial charge in [0.2, 0.25) is 39.1 Å². The van der Waals surface area contributed by atoms with Crippen LogP contribution in [0.4, 0.5) is 51.7 Å². The second-order valence-electron chi connectivity index (χ2n) is 26.2. The number of pyridine rings is 4. The molecule has 658 valence electrons. The van der Waals surface area contributed by atoms with E-state index in [2.05, 4.69) is 139 Å². The average molecular weight is 1890 g/mol. The highest BCUT2D eigenvalue weighted by Gasteiger charge is 2.40. The highest BCUT2D eigenvalue weighted by atomic mass is 15.0. The van der Waals surface area contributed by atoms with Crippen LogP contribution in [-0.4, -0.2) is 59.8 Å². The van der Waals surface area contributed by atoms with Crippen LogP contribution in [0.5, 0.6) is 0 Å². The Morgan fingerprint density at radius 3 is 0.872 bits per heavy atom. The minimum absolute atomic E-state index is 0.0101. The van der Waals surface area contributed by atoms with Gasteiger partial charge in [0.1, 0.15) is 92.8 Å². The Morgan fingerprint density at radius 1 is 0.243 bits per heavy atom. The smallest absolute Gasteiger partial charge is 0.294 e. The molecule has 1 aliphatic carbocycles. The van der Waals surface area contributed by atoms with Crippen molar-refractivity contribution in [2.45, 2.75) is 0 Å². The van der Waals surface area contributed by atoms with E-state index in [1.165, 1.54) is 73.3 Å². The first kappa shape index (κ1) is 105. The van der Waals surface area contributed by atoms with E-state index in [4.69, 9.17) is 199 Å². The van der Waals surface area contributed by atoms with E-state index < -0.39 is 56.5 Å². The largest absolute Gasteiger partial charge is 0.370 e. The zero-order valence-electron chi connectivity index (χ0n) is 73.1. The molecule has 46 nitrogen and oxygen atoms in total. The lowest BCUT2D eigenvalue weighted by atomic mass is 9.70. The molecule has 0 bridgehead atoms. The van der Waals surface area contributed by atoms with Gasteiger partial charge in [0.25, 0.3) is 57.5 Å². The highest BCUT2D eigenvalue weighted by molar-refractivity contribution is 6.21. The topological polar surface area (TPSA) is 672 Å². The minimum Gasteiger partial charge on any atom is -0.370 e. The molecule has 1 aliphatic rings. The fourth-order valence-corrected chi connectivity index (χ4v) is 12.7. The van der Waals surface area contributed by atoms with E-state index in [1.54, 1.807) is 122 Å². The van der Waals surface area contributed by atoms with Gasteiger partial charge in [-0.3, -0.25) is 39.6 Å². The van der Waals surface area contributed by atoms with Crippen molar-refractivity contribution >= 4 is 150 Å². The Bertz CT molecular complexity index is 9090. The number of hydrogen-bond donors (Lipinski definition) is 0. The molecule has 0 amide bonds. The second kappa shape index (κ2) is 49.6. The SMILES string of the molecule is [C-]#[N+]/C(C#N)=C(\C#N)C(C#N)=C(C#N)C#N.[C-]#[N+]C(C#N)=C(C#N)C#N.[C-]#[N+]C(C#N)=C1C(=C(C#N)[N+]#[C-])C(=C(C#N)[N+]#[C-])C1=C(C#N)[N+]#[C-].[C-]#[N+]c1c(C#N)c(C#N)c(C#N)c(C#N)c1[N+]#[C-].[C-]#[N+]c1cc2cc(C#N)c(C#N)cc2cc1[N+]#[C-].[C-]#[N+]c1cnc2c(ccc3cc(C#N)cnc32)c1.[C-]#[N+]c1nc2c3cccnc3c3ncccc3c2nc1[N+]#[C-].[C-]#[N+]c1nc2c3nccnc3c3nccnc3c2nc1[N+]#[C-]. The zero-order valence-corrected chi connectivity index (χ0v) is 73.1. The summed E-state index contributed by atoms with van der Waals surface area (Å²) in [6, 6.07) is 51.2. The number of aromatic nitrogens is 12. The van der Waals surface area contributed by atoms with Crippen molar-refractivity contribution in [1.29, 1.82) is 100.0 Å². The number of nitrogens with zero attached hydrogens (tertiary/aromatic N) is 46.